The zero-order valence-electron chi connectivity index (χ0n) is 9.41. The second kappa shape index (κ2) is 4.63. The second-order valence-corrected chi connectivity index (χ2v) is 5.01. The van der Waals surface area contributed by atoms with E-state index in [0.29, 0.717) is 6.04 Å². The highest BCUT2D eigenvalue weighted by atomic mass is 15.2. The van der Waals surface area contributed by atoms with Gasteiger partial charge in [-0.15, -0.1) is 0 Å². The van der Waals surface area contributed by atoms with Crippen LogP contribution in [0.5, 0.6) is 0 Å². The fourth-order valence-electron chi connectivity index (χ4n) is 3.31. The number of likely N-dealkylation sites (tertiary alicyclic amines) is 1. The van der Waals surface area contributed by atoms with Crippen molar-refractivity contribution in [3.05, 3.63) is 0 Å². The molecule has 0 aromatic rings. The Kier molecular flexibility index (Phi) is 3.45. The van der Waals surface area contributed by atoms with Crippen molar-refractivity contribution >= 4 is 0 Å². The largest absolute Gasteiger partial charge is 0.329 e. The molecule has 1 saturated heterocycles. The monoisotopic (exact) mass is 196 g/mol. The van der Waals surface area contributed by atoms with Crippen LogP contribution >= 0.6 is 0 Å². The van der Waals surface area contributed by atoms with Gasteiger partial charge in [-0.2, -0.15) is 0 Å². The summed E-state index contributed by atoms with van der Waals surface area (Å²) in [4.78, 5) is 2.70. The SMILES string of the molecule is CCC1CCC(N2CCCC2CN)C1. The normalized spacial score (nSPS) is 39.4. The van der Waals surface area contributed by atoms with Crippen LogP contribution < -0.4 is 5.73 Å². The Hall–Kier alpha value is -0.0800. The Morgan fingerprint density at radius 3 is 2.79 bits per heavy atom. The van der Waals surface area contributed by atoms with Crippen LogP contribution in [0, 0.1) is 5.92 Å². The molecule has 0 aromatic carbocycles. The fraction of sp³-hybridized carbons (Fsp3) is 1.00. The molecule has 2 aliphatic rings. The molecular weight excluding hydrogens is 172 g/mol. The molecule has 1 aliphatic carbocycles. The first kappa shape index (κ1) is 10.4. The molecule has 2 N–H and O–H groups in total. The van der Waals surface area contributed by atoms with Gasteiger partial charge in [-0.25, -0.2) is 0 Å². The highest BCUT2D eigenvalue weighted by Crippen LogP contribution is 2.34. The van der Waals surface area contributed by atoms with Gasteiger partial charge in [0.2, 0.25) is 0 Å². The molecule has 2 nitrogen and oxygen atoms in total. The minimum Gasteiger partial charge on any atom is -0.329 e. The lowest BCUT2D eigenvalue weighted by molar-refractivity contribution is 0.181. The highest BCUT2D eigenvalue weighted by molar-refractivity contribution is 4.89. The van der Waals surface area contributed by atoms with E-state index in [-0.39, 0.29) is 0 Å². The minimum atomic E-state index is 0.704. The van der Waals surface area contributed by atoms with Crippen LogP contribution in [-0.4, -0.2) is 30.1 Å². The molecule has 1 heterocycles. The lowest BCUT2D eigenvalue weighted by atomic mass is 10.0. The average molecular weight is 196 g/mol. The molecule has 2 heteroatoms. The van der Waals surface area contributed by atoms with Gasteiger partial charge in [-0.05, 0) is 44.6 Å². The van der Waals surface area contributed by atoms with Gasteiger partial charge >= 0.3 is 0 Å². The summed E-state index contributed by atoms with van der Waals surface area (Å²) in [6, 6.07) is 1.58. The van der Waals surface area contributed by atoms with Gasteiger partial charge in [-0.1, -0.05) is 13.3 Å². The maximum absolute atomic E-state index is 5.82. The van der Waals surface area contributed by atoms with Gasteiger partial charge in [0.15, 0.2) is 0 Å². The van der Waals surface area contributed by atoms with Crippen molar-refractivity contribution in [1.29, 1.82) is 0 Å². The topological polar surface area (TPSA) is 29.3 Å². The van der Waals surface area contributed by atoms with E-state index in [9.17, 15) is 0 Å². The first-order valence-electron chi connectivity index (χ1n) is 6.31. The molecule has 14 heavy (non-hydrogen) atoms. The summed E-state index contributed by atoms with van der Waals surface area (Å²) in [5.74, 6) is 0.999. The van der Waals surface area contributed by atoms with Gasteiger partial charge in [0, 0.05) is 18.6 Å². The third-order valence-corrected chi connectivity index (χ3v) is 4.25. The van der Waals surface area contributed by atoms with Crippen molar-refractivity contribution in [2.45, 2.75) is 57.5 Å². The first-order chi connectivity index (χ1) is 6.85. The van der Waals surface area contributed by atoms with Crippen LogP contribution in [0.3, 0.4) is 0 Å². The quantitative estimate of drug-likeness (QED) is 0.748. The predicted octanol–water partition coefficient (Wildman–Crippen LogP) is 1.99. The molecule has 0 amide bonds. The molecule has 1 saturated carbocycles. The van der Waals surface area contributed by atoms with Crippen molar-refractivity contribution in [1.82, 2.24) is 4.90 Å². The lowest BCUT2D eigenvalue weighted by Crippen LogP contribution is -2.41. The van der Waals surface area contributed by atoms with Crippen molar-refractivity contribution in [2.75, 3.05) is 13.1 Å². The fourth-order valence-corrected chi connectivity index (χ4v) is 3.31. The van der Waals surface area contributed by atoms with Gasteiger partial charge in [0.1, 0.15) is 0 Å². The van der Waals surface area contributed by atoms with E-state index < -0.39 is 0 Å². The van der Waals surface area contributed by atoms with Crippen molar-refractivity contribution in [3.63, 3.8) is 0 Å². The van der Waals surface area contributed by atoms with Crippen LogP contribution in [0.1, 0.15) is 45.4 Å². The zero-order valence-corrected chi connectivity index (χ0v) is 9.41. The Morgan fingerprint density at radius 2 is 2.14 bits per heavy atom. The van der Waals surface area contributed by atoms with Gasteiger partial charge < -0.3 is 5.73 Å². The number of nitrogens with two attached hydrogens (primary N) is 1. The maximum atomic E-state index is 5.82. The van der Waals surface area contributed by atoms with Gasteiger partial charge in [0.25, 0.3) is 0 Å². The van der Waals surface area contributed by atoms with E-state index in [2.05, 4.69) is 11.8 Å². The summed E-state index contributed by atoms with van der Waals surface area (Å²) in [6.45, 7) is 4.51. The Labute approximate surface area is 87.8 Å². The predicted molar refractivity (Wildman–Crippen MR) is 60.2 cm³/mol. The molecule has 3 unspecified atom stereocenters. The molecule has 1 aliphatic heterocycles. The smallest absolute Gasteiger partial charge is 0.0221 e. The molecule has 0 radical (unpaired) electrons. The Balaban J connectivity index is 1.89. The standard InChI is InChI=1S/C12H24N2/c1-2-10-5-6-11(8-10)14-7-3-4-12(14)9-13/h10-12H,2-9,13H2,1H3. The van der Waals surface area contributed by atoms with E-state index in [4.69, 9.17) is 5.73 Å². The number of nitrogens with zero attached hydrogens (tertiary/aromatic N) is 1. The van der Waals surface area contributed by atoms with Crippen molar-refractivity contribution < 1.29 is 0 Å². The lowest BCUT2D eigenvalue weighted by Gasteiger charge is -2.29. The summed E-state index contributed by atoms with van der Waals surface area (Å²) in [5, 5.41) is 0. The summed E-state index contributed by atoms with van der Waals surface area (Å²) in [7, 11) is 0. The summed E-state index contributed by atoms with van der Waals surface area (Å²) < 4.78 is 0. The molecule has 3 atom stereocenters. The Bertz CT molecular complexity index is 181. The summed E-state index contributed by atoms with van der Waals surface area (Å²) in [6.07, 6.45) is 8.40. The summed E-state index contributed by atoms with van der Waals surface area (Å²) >= 11 is 0. The molecular formula is C12H24N2. The molecule has 0 spiro atoms. The van der Waals surface area contributed by atoms with Crippen LogP contribution in [0.25, 0.3) is 0 Å². The van der Waals surface area contributed by atoms with Crippen LogP contribution in [0.2, 0.25) is 0 Å². The maximum Gasteiger partial charge on any atom is 0.0221 e. The molecule has 0 aromatic heterocycles. The number of rotatable bonds is 3. The van der Waals surface area contributed by atoms with Crippen LogP contribution in [0.15, 0.2) is 0 Å². The average Bonchev–Trinajstić information content (AvgIpc) is 2.85. The van der Waals surface area contributed by atoms with Gasteiger partial charge in [-0.3, -0.25) is 4.90 Å². The van der Waals surface area contributed by atoms with E-state index in [0.717, 1.165) is 18.5 Å². The van der Waals surface area contributed by atoms with Crippen LogP contribution in [0.4, 0.5) is 0 Å². The second-order valence-electron chi connectivity index (χ2n) is 5.01. The number of hydrogen-bond acceptors (Lipinski definition) is 2. The van der Waals surface area contributed by atoms with E-state index in [1.165, 1.54) is 45.1 Å². The van der Waals surface area contributed by atoms with Crippen LogP contribution in [-0.2, 0) is 0 Å². The van der Waals surface area contributed by atoms with Gasteiger partial charge in [0.05, 0.1) is 0 Å². The first-order valence-corrected chi connectivity index (χ1v) is 6.31. The molecule has 0 bridgehead atoms. The minimum absolute atomic E-state index is 0.704. The van der Waals surface area contributed by atoms with E-state index >= 15 is 0 Å². The number of hydrogen-bond donors (Lipinski definition) is 1. The third-order valence-electron chi connectivity index (χ3n) is 4.25. The zero-order chi connectivity index (χ0) is 9.97. The molecule has 2 rings (SSSR count). The van der Waals surface area contributed by atoms with Crippen molar-refractivity contribution in [3.8, 4) is 0 Å². The molecule has 82 valence electrons. The van der Waals surface area contributed by atoms with Crippen molar-refractivity contribution in [2.24, 2.45) is 11.7 Å². The van der Waals surface area contributed by atoms with E-state index in [1.54, 1.807) is 0 Å². The molecule has 2 fully saturated rings. The third kappa shape index (κ3) is 1.96. The summed E-state index contributed by atoms with van der Waals surface area (Å²) in [5.41, 5.74) is 5.82. The highest BCUT2D eigenvalue weighted by Gasteiger charge is 2.34. The van der Waals surface area contributed by atoms with E-state index in [1.807, 2.05) is 0 Å². The Morgan fingerprint density at radius 1 is 1.29 bits per heavy atom.